The minimum atomic E-state index is -0.766. The van der Waals surface area contributed by atoms with E-state index in [0.717, 1.165) is 16.8 Å². The van der Waals surface area contributed by atoms with Gasteiger partial charge < -0.3 is 11.1 Å². The lowest BCUT2D eigenvalue weighted by Crippen LogP contribution is -2.50. The molecule has 0 bridgehead atoms. The summed E-state index contributed by atoms with van der Waals surface area (Å²) >= 11 is 0. The molecule has 0 aliphatic heterocycles. The number of benzene rings is 1. The van der Waals surface area contributed by atoms with E-state index in [4.69, 9.17) is 5.73 Å². The average Bonchev–Trinajstić information content (AvgIpc) is 2.26. The van der Waals surface area contributed by atoms with Gasteiger partial charge in [-0.15, -0.1) is 0 Å². The Morgan fingerprint density at radius 3 is 2.06 bits per heavy atom. The third-order valence-corrected chi connectivity index (χ3v) is 3.19. The molecule has 0 aliphatic rings. The van der Waals surface area contributed by atoms with Gasteiger partial charge in [-0.1, -0.05) is 19.9 Å². The van der Waals surface area contributed by atoms with Crippen LogP contribution in [0, 0.1) is 13.8 Å². The number of carbonyl (C=O) groups excluding carboxylic acids is 1. The zero-order valence-electron chi connectivity index (χ0n) is 11.1. The molecule has 0 radical (unpaired) electrons. The van der Waals surface area contributed by atoms with E-state index in [1.54, 1.807) is 0 Å². The molecule has 3 heteroatoms. The van der Waals surface area contributed by atoms with Crippen molar-refractivity contribution in [1.82, 2.24) is 0 Å². The monoisotopic (exact) mass is 234 g/mol. The molecule has 17 heavy (non-hydrogen) atoms. The summed E-state index contributed by atoms with van der Waals surface area (Å²) in [6, 6.07) is 5.98. The van der Waals surface area contributed by atoms with Gasteiger partial charge in [-0.05, 0) is 49.9 Å². The number of nitrogens with two attached hydrogens (primary N) is 1. The van der Waals surface area contributed by atoms with Crippen LogP contribution in [0.25, 0.3) is 0 Å². The molecule has 0 spiro atoms. The first-order valence-corrected chi connectivity index (χ1v) is 6.10. The molecule has 0 aliphatic carbocycles. The van der Waals surface area contributed by atoms with Gasteiger partial charge in [-0.3, -0.25) is 4.79 Å². The lowest BCUT2D eigenvalue weighted by atomic mass is 9.93. The topological polar surface area (TPSA) is 55.1 Å². The molecule has 3 N–H and O–H groups in total. The Bertz CT molecular complexity index is 388. The number of aryl methyl sites for hydroxylation is 2. The van der Waals surface area contributed by atoms with E-state index in [9.17, 15) is 4.79 Å². The molecule has 1 amide bonds. The van der Waals surface area contributed by atoms with Crippen molar-refractivity contribution in [1.29, 1.82) is 0 Å². The molecule has 94 valence electrons. The molecule has 1 aromatic carbocycles. The summed E-state index contributed by atoms with van der Waals surface area (Å²) in [7, 11) is 0. The standard InChI is InChI=1S/C14H22N2O/c1-5-14(15,6-2)13(17)16-12-8-10(3)7-11(4)9-12/h7-9H,5-6,15H2,1-4H3,(H,16,17). The number of rotatable bonds is 4. The van der Waals surface area contributed by atoms with Crippen molar-refractivity contribution in [3.8, 4) is 0 Å². The number of hydrogen-bond donors (Lipinski definition) is 2. The lowest BCUT2D eigenvalue weighted by Gasteiger charge is -2.25. The van der Waals surface area contributed by atoms with E-state index in [0.29, 0.717) is 12.8 Å². The van der Waals surface area contributed by atoms with Gasteiger partial charge in [-0.25, -0.2) is 0 Å². The smallest absolute Gasteiger partial charge is 0.244 e. The van der Waals surface area contributed by atoms with Crippen LogP contribution in [-0.4, -0.2) is 11.4 Å². The second kappa shape index (κ2) is 5.32. The number of hydrogen-bond acceptors (Lipinski definition) is 2. The highest BCUT2D eigenvalue weighted by Gasteiger charge is 2.29. The van der Waals surface area contributed by atoms with E-state index in [1.807, 2.05) is 39.8 Å². The van der Waals surface area contributed by atoms with Crippen LogP contribution < -0.4 is 11.1 Å². The van der Waals surface area contributed by atoms with Crippen molar-refractivity contribution in [2.45, 2.75) is 46.1 Å². The Labute approximate surface area is 103 Å². The number of nitrogens with one attached hydrogen (secondary N) is 1. The molecule has 1 rings (SSSR count). The van der Waals surface area contributed by atoms with Gasteiger partial charge in [0.15, 0.2) is 0 Å². The fourth-order valence-corrected chi connectivity index (χ4v) is 1.87. The Balaban J connectivity index is 2.87. The van der Waals surface area contributed by atoms with E-state index in [2.05, 4.69) is 11.4 Å². The maximum absolute atomic E-state index is 12.1. The first kappa shape index (κ1) is 13.7. The number of carbonyl (C=O) groups is 1. The fourth-order valence-electron chi connectivity index (χ4n) is 1.87. The zero-order chi connectivity index (χ0) is 13.1. The van der Waals surface area contributed by atoms with Gasteiger partial charge in [0, 0.05) is 5.69 Å². The molecule has 0 aromatic heterocycles. The summed E-state index contributed by atoms with van der Waals surface area (Å²) in [6.07, 6.45) is 1.28. The predicted molar refractivity (Wildman–Crippen MR) is 72.0 cm³/mol. The summed E-state index contributed by atoms with van der Waals surface area (Å²) < 4.78 is 0. The number of amides is 1. The van der Waals surface area contributed by atoms with Crippen LogP contribution in [0.2, 0.25) is 0 Å². The quantitative estimate of drug-likeness (QED) is 0.841. The first-order valence-electron chi connectivity index (χ1n) is 6.10. The second-order valence-corrected chi connectivity index (χ2v) is 4.69. The summed E-state index contributed by atoms with van der Waals surface area (Å²) in [5.41, 5.74) is 8.38. The molecule has 1 aromatic rings. The molecule has 3 nitrogen and oxygen atoms in total. The predicted octanol–water partition coefficient (Wildman–Crippen LogP) is 2.76. The van der Waals surface area contributed by atoms with E-state index < -0.39 is 5.54 Å². The van der Waals surface area contributed by atoms with Crippen molar-refractivity contribution in [3.63, 3.8) is 0 Å². The largest absolute Gasteiger partial charge is 0.324 e. The van der Waals surface area contributed by atoms with Crippen LogP contribution in [0.3, 0.4) is 0 Å². The molecular weight excluding hydrogens is 212 g/mol. The Morgan fingerprint density at radius 2 is 1.65 bits per heavy atom. The van der Waals surface area contributed by atoms with E-state index >= 15 is 0 Å². The van der Waals surface area contributed by atoms with Crippen LogP contribution in [0.4, 0.5) is 5.69 Å². The van der Waals surface area contributed by atoms with E-state index in [1.165, 1.54) is 0 Å². The highest BCUT2D eigenvalue weighted by molar-refractivity contribution is 5.98. The third-order valence-electron chi connectivity index (χ3n) is 3.19. The second-order valence-electron chi connectivity index (χ2n) is 4.69. The van der Waals surface area contributed by atoms with Crippen molar-refractivity contribution in [2.75, 3.05) is 5.32 Å². The van der Waals surface area contributed by atoms with Gasteiger partial charge in [0.2, 0.25) is 5.91 Å². The van der Waals surface area contributed by atoms with Gasteiger partial charge in [0.25, 0.3) is 0 Å². The van der Waals surface area contributed by atoms with Crippen molar-refractivity contribution >= 4 is 11.6 Å². The zero-order valence-corrected chi connectivity index (χ0v) is 11.1. The van der Waals surface area contributed by atoms with Gasteiger partial charge in [-0.2, -0.15) is 0 Å². The van der Waals surface area contributed by atoms with Crippen LogP contribution >= 0.6 is 0 Å². The SMILES string of the molecule is CCC(N)(CC)C(=O)Nc1cc(C)cc(C)c1. The maximum Gasteiger partial charge on any atom is 0.244 e. The first-order chi connectivity index (χ1) is 7.91. The summed E-state index contributed by atoms with van der Waals surface area (Å²) in [5, 5.41) is 2.90. The van der Waals surface area contributed by atoms with E-state index in [-0.39, 0.29) is 5.91 Å². The maximum atomic E-state index is 12.1. The lowest BCUT2D eigenvalue weighted by molar-refractivity contribution is -0.121. The van der Waals surface area contributed by atoms with Gasteiger partial charge in [0.05, 0.1) is 5.54 Å². The molecule has 0 atom stereocenters. The van der Waals surface area contributed by atoms with Gasteiger partial charge in [0.1, 0.15) is 0 Å². The molecule has 0 saturated heterocycles. The highest BCUT2D eigenvalue weighted by atomic mass is 16.2. The number of anilines is 1. The molecule has 0 unspecified atom stereocenters. The van der Waals surface area contributed by atoms with Crippen LogP contribution in [0.1, 0.15) is 37.8 Å². The average molecular weight is 234 g/mol. The van der Waals surface area contributed by atoms with Gasteiger partial charge >= 0.3 is 0 Å². The van der Waals surface area contributed by atoms with Crippen LogP contribution in [0.5, 0.6) is 0 Å². The van der Waals surface area contributed by atoms with Crippen molar-refractivity contribution in [2.24, 2.45) is 5.73 Å². The summed E-state index contributed by atoms with van der Waals surface area (Å²) in [5.74, 6) is -0.104. The normalized spacial score (nSPS) is 11.4. The third kappa shape index (κ3) is 3.30. The molecular formula is C14H22N2O. The minimum absolute atomic E-state index is 0.104. The molecule has 0 saturated carbocycles. The van der Waals surface area contributed by atoms with Crippen molar-refractivity contribution in [3.05, 3.63) is 29.3 Å². The molecule has 0 heterocycles. The van der Waals surface area contributed by atoms with Crippen LogP contribution in [-0.2, 0) is 4.79 Å². The Kier molecular flexibility index (Phi) is 4.29. The van der Waals surface area contributed by atoms with Crippen molar-refractivity contribution < 1.29 is 4.79 Å². The molecule has 0 fully saturated rings. The summed E-state index contributed by atoms with van der Waals surface area (Å²) in [6.45, 7) is 7.89. The fraction of sp³-hybridized carbons (Fsp3) is 0.500. The Hall–Kier alpha value is -1.35. The minimum Gasteiger partial charge on any atom is -0.324 e. The van der Waals surface area contributed by atoms with Crippen LogP contribution in [0.15, 0.2) is 18.2 Å². The highest BCUT2D eigenvalue weighted by Crippen LogP contribution is 2.18. The Morgan fingerprint density at radius 1 is 1.18 bits per heavy atom. The summed E-state index contributed by atoms with van der Waals surface area (Å²) in [4.78, 5) is 12.1.